The molecule has 0 aliphatic carbocycles. The van der Waals surface area contributed by atoms with E-state index in [-0.39, 0.29) is 29.7 Å². The van der Waals surface area contributed by atoms with Crippen LogP contribution in [0.25, 0.3) is 0 Å². The van der Waals surface area contributed by atoms with Crippen molar-refractivity contribution < 1.29 is 19.4 Å². The van der Waals surface area contributed by atoms with Crippen LogP contribution in [-0.4, -0.2) is 60.5 Å². The number of benzene rings is 1. The first-order valence-corrected chi connectivity index (χ1v) is 6.43. The summed E-state index contributed by atoms with van der Waals surface area (Å²) in [6, 6.07) is 4.47. The standard InChI is InChI=1S/C14H18N2O4/c1-15-6-3-7-16(9-13(15)18)14(19)11-8-10(20-2)4-5-12(11)17/h4-5,8,17H,3,6-7,9H2,1-2H3. The molecule has 0 saturated carbocycles. The van der Waals surface area contributed by atoms with Gasteiger partial charge in [-0.1, -0.05) is 0 Å². The van der Waals surface area contributed by atoms with Gasteiger partial charge < -0.3 is 19.6 Å². The van der Waals surface area contributed by atoms with Gasteiger partial charge in [0.2, 0.25) is 5.91 Å². The van der Waals surface area contributed by atoms with Crippen LogP contribution in [0.5, 0.6) is 11.5 Å². The number of carbonyl (C=O) groups is 2. The van der Waals surface area contributed by atoms with Gasteiger partial charge >= 0.3 is 0 Å². The van der Waals surface area contributed by atoms with Crippen LogP contribution in [0, 0.1) is 0 Å². The summed E-state index contributed by atoms with van der Waals surface area (Å²) in [6.45, 7) is 1.16. The highest BCUT2D eigenvalue weighted by molar-refractivity contribution is 5.99. The predicted octanol–water partition coefficient (Wildman–Crippen LogP) is 0.705. The fraction of sp³-hybridized carbons (Fsp3) is 0.429. The maximum Gasteiger partial charge on any atom is 0.258 e. The molecule has 6 nitrogen and oxygen atoms in total. The van der Waals surface area contributed by atoms with Crippen LogP contribution >= 0.6 is 0 Å². The highest BCUT2D eigenvalue weighted by Gasteiger charge is 2.25. The lowest BCUT2D eigenvalue weighted by molar-refractivity contribution is -0.129. The van der Waals surface area contributed by atoms with E-state index < -0.39 is 0 Å². The van der Waals surface area contributed by atoms with Crippen LogP contribution in [0.15, 0.2) is 18.2 Å². The predicted molar refractivity (Wildman–Crippen MR) is 72.8 cm³/mol. The van der Waals surface area contributed by atoms with Gasteiger partial charge in [-0.3, -0.25) is 9.59 Å². The number of amides is 2. The minimum absolute atomic E-state index is 0.0337. The number of rotatable bonds is 2. The Morgan fingerprint density at radius 1 is 1.35 bits per heavy atom. The highest BCUT2D eigenvalue weighted by atomic mass is 16.5. The molecule has 0 spiro atoms. The first-order valence-electron chi connectivity index (χ1n) is 6.43. The average Bonchev–Trinajstić information content (AvgIpc) is 2.61. The van der Waals surface area contributed by atoms with Crippen LogP contribution in [0.1, 0.15) is 16.8 Å². The van der Waals surface area contributed by atoms with Crippen LogP contribution in [-0.2, 0) is 4.79 Å². The Hall–Kier alpha value is -2.24. The molecule has 1 aliphatic rings. The SMILES string of the molecule is COc1ccc(O)c(C(=O)N2CCCN(C)C(=O)C2)c1. The maximum absolute atomic E-state index is 12.4. The van der Waals surface area contributed by atoms with Crippen molar-refractivity contribution in [3.05, 3.63) is 23.8 Å². The number of hydrogen-bond acceptors (Lipinski definition) is 4. The Bertz CT molecular complexity index is 530. The molecule has 1 aromatic rings. The molecular formula is C14H18N2O4. The molecule has 108 valence electrons. The molecule has 0 unspecified atom stereocenters. The second-order valence-corrected chi connectivity index (χ2v) is 4.78. The van der Waals surface area contributed by atoms with E-state index >= 15 is 0 Å². The fourth-order valence-electron chi connectivity index (χ4n) is 2.14. The van der Waals surface area contributed by atoms with E-state index in [9.17, 15) is 14.7 Å². The van der Waals surface area contributed by atoms with Crippen molar-refractivity contribution in [3.8, 4) is 11.5 Å². The molecule has 20 heavy (non-hydrogen) atoms. The summed E-state index contributed by atoms with van der Waals surface area (Å²) in [5.74, 6) is -0.0754. The normalized spacial score (nSPS) is 16.0. The monoisotopic (exact) mass is 278 g/mol. The number of phenolic OH excluding ortho intramolecular Hbond substituents is 1. The summed E-state index contributed by atoms with van der Waals surface area (Å²) in [6.07, 6.45) is 0.721. The van der Waals surface area contributed by atoms with Crippen LogP contribution in [0.2, 0.25) is 0 Å². The van der Waals surface area contributed by atoms with Crippen LogP contribution < -0.4 is 4.74 Å². The molecule has 1 aliphatic heterocycles. The summed E-state index contributed by atoms with van der Waals surface area (Å²) in [4.78, 5) is 27.3. The van der Waals surface area contributed by atoms with Crippen molar-refractivity contribution in [2.45, 2.75) is 6.42 Å². The quantitative estimate of drug-likeness (QED) is 0.864. The third kappa shape index (κ3) is 2.84. The van der Waals surface area contributed by atoms with Crippen LogP contribution in [0.3, 0.4) is 0 Å². The van der Waals surface area contributed by atoms with Crippen LogP contribution in [0.4, 0.5) is 0 Å². The Morgan fingerprint density at radius 2 is 2.10 bits per heavy atom. The second kappa shape index (κ2) is 5.81. The number of methoxy groups -OCH3 is 1. The molecule has 0 radical (unpaired) electrons. The Morgan fingerprint density at radius 3 is 2.80 bits per heavy atom. The second-order valence-electron chi connectivity index (χ2n) is 4.78. The molecular weight excluding hydrogens is 260 g/mol. The number of aromatic hydroxyl groups is 1. The number of phenols is 1. The van der Waals surface area contributed by atoms with Gasteiger partial charge in [0.1, 0.15) is 18.0 Å². The van der Waals surface area contributed by atoms with E-state index in [1.54, 1.807) is 18.0 Å². The molecule has 0 aromatic heterocycles. The third-order valence-electron chi connectivity index (χ3n) is 3.39. The van der Waals surface area contributed by atoms with Crippen molar-refractivity contribution in [1.82, 2.24) is 9.80 Å². The Balaban J connectivity index is 2.24. The van der Waals surface area contributed by atoms with Gasteiger partial charge in [0.15, 0.2) is 0 Å². The largest absolute Gasteiger partial charge is 0.507 e. The molecule has 1 N–H and O–H groups in total. The number of hydrogen-bond donors (Lipinski definition) is 1. The maximum atomic E-state index is 12.4. The molecule has 1 saturated heterocycles. The molecule has 0 bridgehead atoms. The Labute approximate surface area is 117 Å². The molecule has 2 amide bonds. The number of ether oxygens (including phenoxy) is 1. The van der Waals surface area contributed by atoms with Gasteiger partial charge in [0.05, 0.1) is 12.7 Å². The first kappa shape index (κ1) is 14.2. The average molecular weight is 278 g/mol. The van der Waals surface area contributed by atoms with Crippen molar-refractivity contribution >= 4 is 11.8 Å². The van der Waals surface area contributed by atoms with E-state index in [4.69, 9.17) is 4.74 Å². The lowest BCUT2D eigenvalue weighted by Gasteiger charge is -2.20. The zero-order valence-corrected chi connectivity index (χ0v) is 11.6. The minimum Gasteiger partial charge on any atom is -0.507 e. The summed E-state index contributed by atoms with van der Waals surface area (Å²) < 4.78 is 5.05. The van der Waals surface area contributed by atoms with Gasteiger partial charge in [-0.25, -0.2) is 0 Å². The Kier molecular flexibility index (Phi) is 4.12. The van der Waals surface area contributed by atoms with Crippen molar-refractivity contribution in [3.63, 3.8) is 0 Å². The van der Waals surface area contributed by atoms with Gasteiger partial charge in [-0.05, 0) is 24.6 Å². The number of carbonyl (C=O) groups excluding carboxylic acids is 2. The van der Waals surface area contributed by atoms with Gasteiger partial charge in [0.25, 0.3) is 5.91 Å². The highest BCUT2D eigenvalue weighted by Crippen LogP contribution is 2.24. The summed E-state index contributed by atoms with van der Waals surface area (Å²) in [5.41, 5.74) is 0.154. The minimum atomic E-state index is -0.356. The van der Waals surface area contributed by atoms with Gasteiger partial charge in [0, 0.05) is 20.1 Å². The molecule has 6 heteroatoms. The molecule has 2 rings (SSSR count). The molecule has 1 heterocycles. The number of likely N-dealkylation sites (N-methyl/N-ethyl adjacent to an activating group) is 1. The van der Waals surface area contributed by atoms with Gasteiger partial charge in [-0.2, -0.15) is 0 Å². The van der Waals surface area contributed by atoms with E-state index in [0.717, 1.165) is 6.42 Å². The van der Waals surface area contributed by atoms with Crippen molar-refractivity contribution in [2.24, 2.45) is 0 Å². The fourth-order valence-corrected chi connectivity index (χ4v) is 2.14. The lowest BCUT2D eigenvalue weighted by atomic mass is 10.1. The molecule has 0 atom stereocenters. The third-order valence-corrected chi connectivity index (χ3v) is 3.39. The van der Waals surface area contributed by atoms with E-state index in [1.807, 2.05) is 0 Å². The topological polar surface area (TPSA) is 70.1 Å². The van der Waals surface area contributed by atoms with Crippen molar-refractivity contribution in [2.75, 3.05) is 33.8 Å². The number of nitrogens with zero attached hydrogens (tertiary/aromatic N) is 2. The molecule has 1 aromatic carbocycles. The van der Waals surface area contributed by atoms with E-state index in [1.165, 1.54) is 24.1 Å². The zero-order chi connectivity index (χ0) is 14.7. The summed E-state index contributed by atoms with van der Waals surface area (Å²) in [7, 11) is 3.21. The van der Waals surface area contributed by atoms with E-state index in [0.29, 0.717) is 18.8 Å². The zero-order valence-electron chi connectivity index (χ0n) is 11.6. The first-order chi connectivity index (χ1) is 9.52. The van der Waals surface area contributed by atoms with Crippen molar-refractivity contribution in [1.29, 1.82) is 0 Å². The summed E-state index contributed by atoms with van der Waals surface area (Å²) >= 11 is 0. The lowest BCUT2D eigenvalue weighted by Crippen LogP contribution is -2.38. The smallest absolute Gasteiger partial charge is 0.258 e. The summed E-state index contributed by atoms with van der Waals surface area (Å²) in [5, 5.41) is 9.82. The molecule has 1 fully saturated rings. The van der Waals surface area contributed by atoms with E-state index in [2.05, 4.69) is 0 Å². The van der Waals surface area contributed by atoms with Gasteiger partial charge in [-0.15, -0.1) is 0 Å².